The smallest absolute Gasteiger partial charge is 0.254 e. The molecule has 0 spiro atoms. The van der Waals surface area contributed by atoms with Gasteiger partial charge in [-0.15, -0.1) is 0 Å². The first-order chi connectivity index (χ1) is 14.6. The van der Waals surface area contributed by atoms with Crippen LogP contribution in [0.25, 0.3) is 11.0 Å². The van der Waals surface area contributed by atoms with E-state index in [1.165, 1.54) is 12.3 Å². The second-order valence-corrected chi connectivity index (χ2v) is 7.32. The summed E-state index contributed by atoms with van der Waals surface area (Å²) in [5, 5.41) is 11.8. The standard InChI is InChI=1S/C21H25FN6O2/c1-3-28-20-17(11-25-28)19(27-14-5-8-30-9-6-14)16(13(2)26-20)10-24-21(29)15-4-7-23-12-18(15)22/h4,7,11-12,14H,3,5-6,8-10H2,1-2H3,(H,24,29)(H,26,27). The van der Waals surface area contributed by atoms with Crippen LogP contribution in [0.15, 0.2) is 24.7 Å². The third-order valence-electron chi connectivity index (χ3n) is 5.41. The van der Waals surface area contributed by atoms with Crippen molar-refractivity contribution >= 4 is 22.6 Å². The highest BCUT2D eigenvalue weighted by Crippen LogP contribution is 2.30. The topological polar surface area (TPSA) is 94.0 Å². The minimum absolute atomic E-state index is 0.0329. The number of aryl methyl sites for hydroxylation is 2. The molecule has 1 amide bonds. The Bertz CT molecular complexity index is 1060. The summed E-state index contributed by atoms with van der Waals surface area (Å²) in [4.78, 5) is 20.9. The van der Waals surface area contributed by atoms with Crippen molar-refractivity contribution in [2.45, 2.75) is 45.8 Å². The van der Waals surface area contributed by atoms with E-state index in [0.717, 1.165) is 47.0 Å². The fraction of sp³-hybridized carbons (Fsp3) is 0.429. The molecule has 0 saturated carbocycles. The van der Waals surface area contributed by atoms with E-state index < -0.39 is 11.7 Å². The van der Waals surface area contributed by atoms with Crippen molar-refractivity contribution in [2.24, 2.45) is 0 Å². The van der Waals surface area contributed by atoms with Crippen LogP contribution in [-0.2, 0) is 17.8 Å². The first-order valence-corrected chi connectivity index (χ1v) is 10.2. The zero-order valence-electron chi connectivity index (χ0n) is 17.1. The number of amides is 1. The number of rotatable bonds is 6. The lowest BCUT2D eigenvalue weighted by Crippen LogP contribution is -2.30. The molecule has 9 heteroatoms. The van der Waals surface area contributed by atoms with Gasteiger partial charge in [0.15, 0.2) is 11.5 Å². The maximum absolute atomic E-state index is 13.9. The fourth-order valence-corrected chi connectivity index (χ4v) is 3.72. The Morgan fingerprint density at radius 3 is 2.87 bits per heavy atom. The summed E-state index contributed by atoms with van der Waals surface area (Å²) in [6.45, 7) is 6.30. The van der Waals surface area contributed by atoms with Crippen molar-refractivity contribution in [2.75, 3.05) is 18.5 Å². The van der Waals surface area contributed by atoms with Crippen LogP contribution in [0.5, 0.6) is 0 Å². The number of halogens is 1. The SMILES string of the molecule is CCn1ncc2c(NC3CCOCC3)c(CNC(=O)c3ccncc3F)c(C)nc21. The zero-order valence-corrected chi connectivity index (χ0v) is 17.1. The number of nitrogens with one attached hydrogen (secondary N) is 2. The molecule has 2 N–H and O–H groups in total. The monoisotopic (exact) mass is 412 g/mol. The molecule has 0 aliphatic carbocycles. The van der Waals surface area contributed by atoms with Crippen LogP contribution in [0.4, 0.5) is 10.1 Å². The lowest BCUT2D eigenvalue weighted by molar-refractivity contribution is 0.0904. The number of fused-ring (bicyclic) bond motifs is 1. The molecule has 0 radical (unpaired) electrons. The number of aromatic nitrogens is 4. The van der Waals surface area contributed by atoms with Crippen molar-refractivity contribution in [1.29, 1.82) is 0 Å². The van der Waals surface area contributed by atoms with Gasteiger partial charge in [0.25, 0.3) is 5.91 Å². The molecule has 1 fully saturated rings. The second kappa shape index (κ2) is 8.74. The first-order valence-electron chi connectivity index (χ1n) is 10.2. The van der Waals surface area contributed by atoms with E-state index in [-0.39, 0.29) is 18.2 Å². The molecule has 3 aromatic heterocycles. The molecule has 4 rings (SSSR count). The zero-order chi connectivity index (χ0) is 21.1. The lowest BCUT2D eigenvalue weighted by Gasteiger charge is -2.26. The Morgan fingerprint density at radius 2 is 2.13 bits per heavy atom. The van der Waals surface area contributed by atoms with Gasteiger partial charge in [-0.3, -0.25) is 9.78 Å². The minimum Gasteiger partial charge on any atom is -0.381 e. The van der Waals surface area contributed by atoms with Crippen LogP contribution in [0, 0.1) is 12.7 Å². The molecule has 1 aliphatic rings. The van der Waals surface area contributed by atoms with Crippen molar-refractivity contribution < 1.29 is 13.9 Å². The summed E-state index contributed by atoms with van der Waals surface area (Å²) in [7, 11) is 0. The van der Waals surface area contributed by atoms with Crippen LogP contribution in [0.2, 0.25) is 0 Å². The largest absolute Gasteiger partial charge is 0.381 e. The number of pyridine rings is 2. The number of anilines is 1. The Balaban J connectivity index is 1.67. The highest BCUT2D eigenvalue weighted by atomic mass is 19.1. The Hall–Kier alpha value is -3.07. The summed E-state index contributed by atoms with van der Waals surface area (Å²) in [6.07, 6.45) is 6.04. The average molecular weight is 412 g/mol. The Morgan fingerprint density at radius 1 is 1.33 bits per heavy atom. The quantitative estimate of drug-likeness (QED) is 0.647. The van der Waals surface area contributed by atoms with Gasteiger partial charge >= 0.3 is 0 Å². The van der Waals surface area contributed by atoms with Gasteiger partial charge in [0.2, 0.25) is 0 Å². The highest BCUT2D eigenvalue weighted by Gasteiger charge is 2.21. The lowest BCUT2D eigenvalue weighted by atomic mass is 10.0. The molecule has 1 saturated heterocycles. The van der Waals surface area contributed by atoms with E-state index in [1.807, 2.05) is 18.5 Å². The van der Waals surface area contributed by atoms with Crippen LogP contribution in [-0.4, -0.2) is 44.9 Å². The maximum Gasteiger partial charge on any atom is 0.254 e. The van der Waals surface area contributed by atoms with E-state index >= 15 is 0 Å². The summed E-state index contributed by atoms with van der Waals surface area (Å²) >= 11 is 0. The molecule has 3 aromatic rings. The van der Waals surface area contributed by atoms with Crippen LogP contribution < -0.4 is 10.6 Å². The number of carbonyl (C=O) groups is 1. The molecule has 1 aliphatic heterocycles. The summed E-state index contributed by atoms with van der Waals surface area (Å²) < 4.78 is 21.2. The van der Waals surface area contributed by atoms with Crippen LogP contribution >= 0.6 is 0 Å². The number of carbonyl (C=O) groups excluding carboxylic acids is 1. The molecule has 158 valence electrons. The van der Waals surface area contributed by atoms with Gasteiger partial charge in [-0.1, -0.05) is 0 Å². The molecule has 8 nitrogen and oxygen atoms in total. The molecule has 0 bridgehead atoms. The van der Waals surface area contributed by atoms with Gasteiger partial charge in [-0.2, -0.15) is 5.10 Å². The van der Waals surface area contributed by atoms with Gasteiger partial charge in [0.1, 0.15) is 0 Å². The predicted octanol–water partition coefficient (Wildman–Crippen LogP) is 2.81. The highest BCUT2D eigenvalue weighted by molar-refractivity contribution is 5.95. The molecule has 0 atom stereocenters. The average Bonchev–Trinajstić information content (AvgIpc) is 3.16. The Kier molecular flexibility index (Phi) is 5.89. The number of ether oxygens (including phenoxy) is 1. The molecule has 0 aromatic carbocycles. The third-order valence-corrected chi connectivity index (χ3v) is 5.41. The molecular formula is C21H25FN6O2. The molecule has 4 heterocycles. The molecule has 0 unspecified atom stereocenters. The van der Waals surface area contributed by atoms with Gasteiger partial charge < -0.3 is 15.4 Å². The second-order valence-electron chi connectivity index (χ2n) is 7.32. The van der Waals surface area contributed by atoms with E-state index in [9.17, 15) is 9.18 Å². The van der Waals surface area contributed by atoms with Gasteiger partial charge in [0, 0.05) is 49.8 Å². The number of hydrogen-bond acceptors (Lipinski definition) is 6. The molecular weight excluding hydrogens is 387 g/mol. The Labute approximate surface area is 173 Å². The summed E-state index contributed by atoms with van der Waals surface area (Å²) in [5.41, 5.74) is 3.35. The summed E-state index contributed by atoms with van der Waals surface area (Å²) in [6, 6.07) is 1.63. The van der Waals surface area contributed by atoms with Crippen molar-refractivity contribution in [1.82, 2.24) is 25.1 Å². The van der Waals surface area contributed by atoms with Gasteiger partial charge in [-0.25, -0.2) is 14.1 Å². The number of hydrogen-bond donors (Lipinski definition) is 2. The molecule has 30 heavy (non-hydrogen) atoms. The van der Waals surface area contributed by atoms with Crippen molar-refractivity contribution in [3.05, 3.63) is 47.3 Å². The first kappa shape index (κ1) is 20.2. The van der Waals surface area contributed by atoms with Crippen LogP contribution in [0.1, 0.15) is 41.4 Å². The summed E-state index contributed by atoms with van der Waals surface area (Å²) in [5.74, 6) is -1.14. The predicted molar refractivity (Wildman–Crippen MR) is 111 cm³/mol. The third kappa shape index (κ3) is 3.97. The van der Waals surface area contributed by atoms with E-state index in [0.29, 0.717) is 19.8 Å². The maximum atomic E-state index is 13.9. The number of nitrogens with zero attached hydrogens (tertiary/aromatic N) is 4. The fourth-order valence-electron chi connectivity index (χ4n) is 3.72. The van der Waals surface area contributed by atoms with E-state index in [4.69, 9.17) is 9.72 Å². The minimum atomic E-state index is -0.648. The normalized spacial score (nSPS) is 14.8. The van der Waals surface area contributed by atoms with Crippen molar-refractivity contribution in [3.63, 3.8) is 0 Å². The van der Waals surface area contributed by atoms with Crippen LogP contribution in [0.3, 0.4) is 0 Å². The van der Waals surface area contributed by atoms with Crippen molar-refractivity contribution in [3.8, 4) is 0 Å². The van der Waals surface area contributed by atoms with Gasteiger partial charge in [-0.05, 0) is 32.8 Å². The van der Waals surface area contributed by atoms with E-state index in [2.05, 4.69) is 20.7 Å². The van der Waals surface area contributed by atoms with Gasteiger partial charge in [0.05, 0.1) is 29.0 Å². The van der Waals surface area contributed by atoms with E-state index in [1.54, 1.807) is 6.20 Å².